The van der Waals surface area contributed by atoms with Crippen LogP contribution >= 0.6 is 0 Å². The van der Waals surface area contributed by atoms with Crippen LogP contribution in [0.5, 0.6) is 0 Å². The zero-order chi connectivity index (χ0) is 11.0. The fraction of sp³-hybridized carbons (Fsp3) is 0.692. The highest BCUT2D eigenvalue weighted by molar-refractivity contribution is 5.21. The molecule has 14 heavy (non-hydrogen) atoms. The maximum absolute atomic E-state index is 9.54. The average molecular weight is 196 g/mol. The number of allylic oxidation sites excluding steroid dienone is 2. The van der Waals surface area contributed by atoms with E-state index in [4.69, 9.17) is 0 Å². The molecule has 0 radical (unpaired) electrons. The lowest BCUT2D eigenvalue weighted by molar-refractivity contribution is 0.206. The van der Waals surface area contributed by atoms with Crippen molar-refractivity contribution in [2.75, 3.05) is 0 Å². The van der Waals surface area contributed by atoms with E-state index in [1.54, 1.807) is 0 Å². The molecule has 1 atom stereocenters. The van der Waals surface area contributed by atoms with E-state index in [0.29, 0.717) is 0 Å². The largest absolute Gasteiger partial charge is 0.389 e. The van der Waals surface area contributed by atoms with E-state index in [0.717, 1.165) is 24.0 Å². The van der Waals surface area contributed by atoms with E-state index >= 15 is 0 Å². The van der Waals surface area contributed by atoms with Crippen LogP contribution in [0.4, 0.5) is 0 Å². The van der Waals surface area contributed by atoms with Crippen molar-refractivity contribution in [3.8, 4) is 0 Å². The summed E-state index contributed by atoms with van der Waals surface area (Å²) in [4.78, 5) is 0. The molecule has 0 saturated carbocycles. The summed E-state index contributed by atoms with van der Waals surface area (Å²) in [6.45, 7) is 10.2. The molecule has 0 fully saturated rings. The number of hydrogen-bond acceptors (Lipinski definition) is 1. The lowest BCUT2D eigenvalue weighted by Gasteiger charge is -2.09. The fourth-order valence-electron chi connectivity index (χ4n) is 1.41. The summed E-state index contributed by atoms with van der Waals surface area (Å²) in [5.74, 6) is 0. The minimum Gasteiger partial charge on any atom is -0.389 e. The third kappa shape index (κ3) is 5.98. The van der Waals surface area contributed by atoms with Crippen molar-refractivity contribution in [1.29, 1.82) is 0 Å². The summed E-state index contributed by atoms with van der Waals surface area (Å²) in [7, 11) is 0. The maximum atomic E-state index is 9.54. The van der Waals surface area contributed by atoms with E-state index in [1.165, 1.54) is 19.3 Å². The Morgan fingerprint density at radius 2 is 2.00 bits per heavy atom. The quantitative estimate of drug-likeness (QED) is 0.484. The van der Waals surface area contributed by atoms with E-state index in [2.05, 4.69) is 13.5 Å². The molecule has 0 aromatic rings. The average Bonchev–Trinajstić information content (AvgIpc) is 2.16. The minimum absolute atomic E-state index is 0.294. The Labute approximate surface area is 88.5 Å². The van der Waals surface area contributed by atoms with E-state index in [-0.39, 0.29) is 6.10 Å². The van der Waals surface area contributed by atoms with E-state index in [1.807, 2.05) is 19.9 Å². The molecular weight excluding hydrogens is 172 g/mol. The van der Waals surface area contributed by atoms with Gasteiger partial charge in [-0.3, -0.25) is 0 Å². The topological polar surface area (TPSA) is 20.2 Å². The van der Waals surface area contributed by atoms with Gasteiger partial charge in [-0.15, -0.1) is 0 Å². The molecule has 0 spiro atoms. The second-order valence-electron chi connectivity index (χ2n) is 3.93. The van der Waals surface area contributed by atoms with E-state index < -0.39 is 0 Å². The molecule has 0 saturated heterocycles. The molecule has 0 bridgehead atoms. The van der Waals surface area contributed by atoms with Gasteiger partial charge in [0.15, 0.2) is 0 Å². The normalized spacial score (nSPS) is 14.1. The Morgan fingerprint density at radius 1 is 1.36 bits per heavy atom. The first kappa shape index (κ1) is 13.4. The smallest absolute Gasteiger partial charge is 0.0747 e. The molecule has 82 valence electrons. The molecule has 0 aromatic carbocycles. The molecule has 0 aliphatic heterocycles. The summed E-state index contributed by atoms with van der Waals surface area (Å²) in [5, 5.41) is 9.54. The van der Waals surface area contributed by atoms with Gasteiger partial charge in [0.25, 0.3) is 0 Å². The van der Waals surface area contributed by atoms with Gasteiger partial charge in [0.2, 0.25) is 0 Å². The first-order valence-corrected chi connectivity index (χ1v) is 5.65. The second kappa shape index (κ2) is 7.81. The van der Waals surface area contributed by atoms with Gasteiger partial charge in [0.1, 0.15) is 0 Å². The SMILES string of the molecule is C=C(C=C(C)C(O)CC)CCCCC. The second-order valence-corrected chi connectivity index (χ2v) is 3.93. The van der Waals surface area contributed by atoms with Crippen LogP contribution in [0.3, 0.4) is 0 Å². The van der Waals surface area contributed by atoms with Crippen molar-refractivity contribution < 1.29 is 5.11 Å². The van der Waals surface area contributed by atoms with Gasteiger partial charge in [-0.2, -0.15) is 0 Å². The number of aliphatic hydroxyl groups is 1. The Hall–Kier alpha value is -0.560. The van der Waals surface area contributed by atoms with Crippen LogP contribution in [0.1, 0.15) is 52.9 Å². The molecule has 1 nitrogen and oxygen atoms in total. The Kier molecular flexibility index (Phi) is 7.50. The molecule has 0 aromatic heterocycles. The molecule has 1 N–H and O–H groups in total. The summed E-state index contributed by atoms with van der Waals surface area (Å²) in [6, 6.07) is 0. The molecule has 0 aliphatic carbocycles. The number of aliphatic hydroxyl groups excluding tert-OH is 1. The summed E-state index contributed by atoms with van der Waals surface area (Å²) < 4.78 is 0. The molecule has 1 unspecified atom stereocenters. The fourth-order valence-corrected chi connectivity index (χ4v) is 1.41. The Morgan fingerprint density at radius 3 is 2.50 bits per heavy atom. The van der Waals surface area contributed by atoms with E-state index in [9.17, 15) is 5.11 Å². The van der Waals surface area contributed by atoms with Crippen molar-refractivity contribution in [3.63, 3.8) is 0 Å². The lowest BCUT2D eigenvalue weighted by atomic mass is 10.0. The van der Waals surface area contributed by atoms with Crippen molar-refractivity contribution in [3.05, 3.63) is 23.8 Å². The van der Waals surface area contributed by atoms with Crippen molar-refractivity contribution in [2.45, 2.75) is 59.0 Å². The minimum atomic E-state index is -0.294. The van der Waals surface area contributed by atoms with Crippen LogP contribution in [-0.2, 0) is 0 Å². The Balaban J connectivity index is 3.89. The van der Waals surface area contributed by atoms with Crippen molar-refractivity contribution in [1.82, 2.24) is 0 Å². The standard InChI is InChI=1S/C13H24O/c1-5-7-8-9-11(3)10-12(4)13(14)6-2/h10,13-14H,3,5-9H2,1-2,4H3. The third-order valence-electron chi connectivity index (χ3n) is 2.45. The molecule has 0 heterocycles. The highest BCUT2D eigenvalue weighted by Gasteiger charge is 2.02. The van der Waals surface area contributed by atoms with Gasteiger partial charge < -0.3 is 5.11 Å². The first-order chi connectivity index (χ1) is 6.61. The van der Waals surface area contributed by atoms with Gasteiger partial charge >= 0.3 is 0 Å². The number of rotatable bonds is 7. The molecule has 0 amide bonds. The summed E-state index contributed by atoms with van der Waals surface area (Å²) in [6.07, 6.45) is 7.30. The molecule has 1 heteroatoms. The van der Waals surface area contributed by atoms with Gasteiger partial charge in [-0.1, -0.05) is 44.9 Å². The zero-order valence-electron chi connectivity index (χ0n) is 9.84. The first-order valence-electron chi connectivity index (χ1n) is 5.65. The predicted octanol–water partition coefficient (Wildman–Crippen LogP) is 3.84. The lowest BCUT2D eigenvalue weighted by Crippen LogP contribution is -2.05. The van der Waals surface area contributed by atoms with Gasteiger partial charge in [-0.05, 0) is 31.8 Å². The van der Waals surface area contributed by atoms with Crippen LogP contribution in [0.2, 0.25) is 0 Å². The summed E-state index contributed by atoms with van der Waals surface area (Å²) in [5.41, 5.74) is 2.18. The van der Waals surface area contributed by atoms with Crippen molar-refractivity contribution >= 4 is 0 Å². The predicted molar refractivity (Wildman–Crippen MR) is 63.3 cm³/mol. The molecular formula is C13H24O. The monoisotopic (exact) mass is 196 g/mol. The third-order valence-corrected chi connectivity index (χ3v) is 2.45. The zero-order valence-corrected chi connectivity index (χ0v) is 9.84. The van der Waals surface area contributed by atoms with Crippen LogP contribution in [-0.4, -0.2) is 11.2 Å². The van der Waals surface area contributed by atoms with Gasteiger partial charge in [-0.25, -0.2) is 0 Å². The summed E-state index contributed by atoms with van der Waals surface area (Å²) >= 11 is 0. The van der Waals surface area contributed by atoms with Gasteiger partial charge in [0, 0.05) is 0 Å². The number of hydrogen-bond donors (Lipinski definition) is 1. The van der Waals surface area contributed by atoms with Crippen LogP contribution in [0, 0.1) is 0 Å². The van der Waals surface area contributed by atoms with Crippen LogP contribution < -0.4 is 0 Å². The van der Waals surface area contributed by atoms with Gasteiger partial charge in [0.05, 0.1) is 6.10 Å². The highest BCUT2D eigenvalue weighted by Crippen LogP contribution is 2.13. The molecule has 0 aliphatic rings. The Bertz CT molecular complexity index is 191. The molecule has 0 rings (SSSR count). The highest BCUT2D eigenvalue weighted by atomic mass is 16.3. The number of unbranched alkanes of at least 4 members (excludes halogenated alkanes) is 2. The van der Waals surface area contributed by atoms with Crippen molar-refractivity contribution in [2.24, 2.45) is 0 Å². The maximum Gasteiger partial charge on any atom is 0.0747 e. The van der Waals surface area contributed by atoms with Crippen LogP contribution in [0.25, 0.3) is 0 Å². The van der Waals surface area contributed by atoms with Crippen LogP contribution in [0.15, 0.2) is 23.8 Å².